The average molecular weight is 294 g/mol. The molecule has 6 heteroatoms. The second-order valence-corrected chi connectivity index (χ2v) is 5.17. The molecule has 1 aromatic carbocycles. The number of para-hydroxylation sites is 1. The zero-order valence-electron chi connectivity index (χ0n) is 10.2. The zero-order valence-corrected chi connectivity index (χ0v) is 10.9. The molecule has 1 saturated carbocycles. The van der Waals surface area contributed by atoms with Crippen LogP contribution in [-0.4, -0.2) is 17.3 Å². The van der Waals surface area contributed by atoms with Crippen LogP contribution in [0.15, 0.2) is 18.2 Å². The molecule has 0 bridgehead atoms. The lowest BCUT2D eigenvalue weighted by Gasteiger charge is -2.30. The fourth-order valence-electron chi connectivity index (χ4n) is 2.37. The van der Waals surface area contributed by atoms with Gasteiger partial charge in [-0.3, -0.25) is 0 Å². The van der Waals surface area contributed by atoms with E-state index in [2.05, 4.69) is 5.32 Å². The van der Waals surface area contributed by atoms with Crippen LogP contribution in [0, 0.1) is 0 Å². The molecule has 2 N–H and O–H groups in total. The van der Waals surface area contributed by atoms with Gasteiger partial charge in [-0.1, -0.05) is 30.5 Å². The summed E-state index contributed by atoms with van der Waals surface area (Å²) in [6.45, 7) is 0. The largest absolute Gasteiger partial charge is 0.418 e. The Morgan fingerprint density at radius 1 is 1.21 bits per heavy atom. The molecule has 0 heterocycles. The van der Waals surface area contributed by atoms with Crippen LogP contribution >= 0.6 is 11.6 Å². The normalized spacial score (nSPS) is 24.3. The first-order valence-corrected chi connectivity index (χ1v) is 6.57. The van der Waals surface area contributed by atoms with E-state index in [-0.39, 0.29) is 16.8 Å². The Hall–Kier alpha value is -0.940. The number of nitrogens with one attached hydrogen (secondary N) is 1. The highest BCUT2D eigenvalue weighted by Crippen LogP contribution is 2.39. The summed E-state index contributed by atoms with van der Waals surface area (Å²) in [5.41, 5.74) is -0.930. The van der Waals surface area contributed by atoms with E-state index in [0.717, 1.165) is 18.9 Å². The summed E-state index contributed by atoms with van der Waals surface area (Å²) in [4.78, 5) is 0. The molecule has 1 aromatic rings. The molecular weight excluding hydrogens is 279 g/mol. The highest BCUT2D eigenvalue weighted by atomic mass is 35.5. The van der Waals surface area contributed by atoms with Crippen LogP contribution in [-0.2, 0) is 6.18 Å². The summed E-state index contributed by atoms with van der Waals surface area (Å²) in [6.07, 6.45) is -2.07. The summed E-state index contributed by atoms with van der Waals surface area (Å²) in [5, 5.41) is 12.6. The maximum Gasteiger partial charge on any atom is 0.418 e. The highest BCUT2D eigenvalue weighted by molar-refractivity contribution is 6.33. The van der Waals surface area contributed by atoms with Gasteiger partial charge in [-0.15, -0.1) is 0 Å². The maximum atomic E-state index is 12.9. The van der Waals surface area contributed by atoms with E-state index in [1.54, 1.807) is 0 Å². The minimum absolute atomic E-state index is 0.0209. The first-order valence-electron chi connectivity index (χ1n) is 6.20. The van der Waals surface area contributed by atoms with Crippen LogP contribution in [0.4, 0.5) is 18.9 Å². The Labute approximate surface area is 114 Å². The van der Waals surface area contributed by atoms with E-state index >= 15 is 0 Å². The van der Waals surface area contributed by atoms with Gasteiger partial charge in [0.25, 0.3) is 0 Å². The molecule has 106 valence electrons. The smallest absolute Gasteiger partial charge is 0.391 e. The minimum atomic E-state index is -4.47. The fourth-order valence-corrected chi connectivity index (χ4v) is 2.60. The molecule has 0 spiro atoms. The molecule has 0 radical (unpaired) electrons. The molecule has 1 aliphatic carbocycles. The molecule has 2 nitrogen and oxygen atoms in total. The summed E-state index contributed by atoms with van der Waals surface area (Å²) in [6, 6.07) is 3.29. The zero-order chi connectivity index (χ0) is 14.0. The monoisotopic (exact) mass is 293 g/mol. The predicted molar refractivity (Wildman–Crippen MR) is 68.3 cm³/mol. The topological polar surface area (TPSA) is 32.3 Å². The third kappa shape index (κ3) is 3.34. The van der Waals surface area contributed by atoms with Gasteiger partial charge in [-0.05, 0) is 25.0 Å². The Kier molecular flexibility index (Phi) is 4.26. The third-order valence-corrected chi connectivity index (χ3v) is 3.69. The Morgan fingerprint density at radius 3 is 2.53 bits per heavy atom. The van der Waals surface area contributed by atoms with Crippen LogP contribution in [0.25, 0.3) is 0 Å². The van der Waals surface area contributed by atoms with Crippen molar-refractivity contribution in [3.05, 3.63) is 28.8 Å². The lowest BCUT2D eigenvalue weighted by molar-refractivity contribution is -0.137. The Bertz CT molecular complexity index is 450. The van der Waals surface area contributed by atoms with E-state index in [1.807, 2.05) is 0 Å². The van der Waals surface area contributed by atoms with E-state index in [9.17, 15) is 18.3 Å². The lowest BCUT2D eigenvalue weighted by atomic mass is 9.92. The first kappa shape index (κ1) is 14.5. The Balaban J connectivity index is 2.28. The molecule has 2 unspecified atom stereocenters. The summed E-state index contributed by atoms with van der Waals surface area (Å²) >= 11 is 5.86. The molecule has 2 rings (SSSR count). The van der Waals surface area contributed by atoms with Gasteiger partial charge < -0.3 is 10.4 Å². The predicted octanol–water partition coefficient (Wildman–Crippen LogP) is 4.07. The van der Waals surface area contributed by atoms with Crippen molar-refractivity contribution in [1.29, 1.82) is 0 Å². The van der Waals surface area contributed by atoms with Crippen molar-refractivity contribution in [3.8, 4) is 0 Å². The van der Waals surface area contributed by atoms with Crippen molar-refractivity contribution in [2.24, 2.45) is 0 Å². The number of benzene rings is 1. The van der Waals surface area contributed by atoms with Gasteiger partial charge >= 0.3 is 6.18 Å². The number of aliphatic hydroxyl groups excluding tert-OH is 1. The number of halogens is 4. The number of hydrogen-bond acceptors (Lipinski definition) is 2. The van der Waals surface area contributed by atoms with Crippen molar-refractivity contribution in [2.75, 3.05) is 5.32 Å². The molecular formula is C13H15ClF3NO. The van der Waals surface area contributed by atoms with Crippen LogP contribution in [0.1, 0.15) is 31.2 Å². The third-order valence-electron chi connectivity index (χ3n) is 3.38. The number of rotatable bonds is 2. The van der Waals surface area contributed by atoms with E-state index < -0.39 is 17.8 Å². The van der Waals surface area contributed by atoms with Crippen molar-refractivity contribution in [3.63, 3.8) is 0 Å². The van der Waals surface area contributed by atoms with Crippen molar-refractivity contribution < 1.29 is 18.3 Å². The first-order chi connectivity index (χ1) is 8.89. The average Bonchev–Trinajstić information content (AvgIpc) is 2.33. The molecule has 1 fully saturated rings. The van der Waals surface area contributed by atoms with Gasteiger partial charge in [0.2, 0.25) is 0 Å². The van der Waals surface area contributed by atoms with Crippen molar-refractivity contribution in [1.82, 2.24) is 0 Å². The quantitative estimate of drug-likeness (QED) is 0.861. The van der Waals surface area contributed by atoms with Crippen LogP contribution < -0.4 is 5.32 Å². The molecule has 0 amide bonds. The van der Waals surface area contributed by atoms with Gasteiger partial charge in [0.1, 0.15) is 0 Å². The molecule has 0 aliphatic heterocycles. The second kappa shape index (κ2) is 5.59. The minimum Gasteiger partial charge on any atom is -0.391 e. The summed E-state index contributed by atoms with van der Waals surface area (Å²) in [7, 11) is 0. The molecule has 0 saturated heterocycles. The Morgan fingerprint density at radius 2 is 1.89 bits per heavy atom. The fraction of sp³-hybridized carbons (Fsp3) is 0.538. The van der Waals surface area contributed by atoms with Gasteiger partial charge in [-0.25, -0.2) is 0 Å². The van der Waals surface area contributed by atoms with Crippen LogP contribution in [0.3, 0.4) is 0 Å². The van der Waals surface area contributed by atoms with E-state index in [4.69, 9.17) is 11.6 Å². The summed E-state index contributed by atoms with van der Waals surface area (Å²) in [5.74, 6) is 0. The van der Waals surface area contributed by atoms with Crippen molar-refractivity contribution >= 4 is 17.3 Å². The number of alkyl halides is 3. The molecule has 0 aromatic heterocycles. The molecule has 1 aliphatic rings. The standard InChI is InChI=1S/C13H15ClF3NO/c14-9-5-3-4-8(13(15,16)17)12(9)18-10-6-1-2-7-11(10)19/h3-5,10-11,18-19H,1-2,6-7H2. The van der Waals surface area contributed by atoms with Gasteiger partial charge in [0, 0.05) is 0 Å². The van der Waals surface area contributed by atoms with E-state index in [0.29, 0.717) is 12.8 Å². The van der Waals surface area contributed by atoms with Crippen LogP contribution in [0.2, 0.25) is 5.02 Å². The second-order valence-electron chi connectivity index (χ2n) is 4.76. The van der Waals surface area contributed by atoms with Crippen LogP contribution in [0.5, 0.6) is 0 Å². The van der Waals surface area contributed by atoms with E-state index in [1.165, 1.54) is 12.1 Å². The molecule has 19 heavy (non-hydrogen) atoms. The number of hydrogen-bond donors (Lipinski definition) is 2. The maximum absolute atomic E-state index is 12.9. The number of aliphatic hydroxyl groups is 1. The summed E-state index contributed by atoms with van der Waals surface area (Å²) < 4.78 is 38.8. The van der Waals surface area contributed by atoms with Gasteiger partial charge in [0.05, 0.1) is 28.4 Å². The number of anilines is 1. The molecule has 2 atom stereocenters. The SMILES string of the molecule is OC1CCCCC1Nc1c(Cl)cccc1C(F)(F)F. The highest BCUT2D eigenvalue weighted by Gasteiger charge is 2.35. The van der Waals surface area contributed by atoms with Gasteiger partial charge in [0.15, 0.2) is 0 Å². The lowest BCUT2D eigenvalue weighted by Crippen LogP contribution is -2.37. The van der Waals surface area contributed by atoms with Crippen molar-refractivity contribution in [2.45, 2.75) is 44.0 Å². The van der Waals surface area contributed by atoms with Gasteiger partial charge in [-0.2, -0.15) is 13.2 Å².